The second-order valence-electron chi connectivity index (χ2n) is 5.10. The lowest BCUT2D eigenvalue weighted by Crippen LogP contribution is -2.52. The number of carbonyl (C=O) groups excluding carboxylic acids is 1. The van der Waals surface area contributed by atoms with Crippen LogP contribution in [0.25, 0.3) is 0 Å². The first-order valence-corrected chi connectivity index (χ1v) is 6.99. The lowest BCUT2D eigenvalue weighted by molar-refractivity contribution is -0.180. The zero-order chi connectivity index (χ0) is 14.5. The molecule has 0 spiro atoms. The van der Waals surface area contributed by atoms with Gasteiger partial charge in [-0.1, -0.05) is 13.8 Å². The molecule has 0 bridgehead atoms. The van der Waals surface area contributed by atoms with E-state index in [4.69, 9.17) is 0 Å². The maximum absolute atomic E-state index is 12.5. The number of hydrogen-bond donors (Lipinski definition) is 1. The Morgan fingerprint density at radius 3 is 2.16 bits per heavy atom. The van der Waals surface area contributed by atoms with E-state index in [-0.39, 0.29) is 25.3 Å². The van der Waals surface area contributed by atoms with Crippen molar-refractivity contribution in [3.8, 4) is 0 Å². The maximum Gasteiger partial charge on any atom is 0.393 e. The quantitative estimate of drug-likeness (QED) is 0.839. The Kier molecular flexibility index (Phi) is 6.10. The molecule has 1 aliphatic rings. The Bertz CT molecular complexity index is 280. The van der Waals surface area contributed by atoms with E-state index in [1.165, 1.54) is 0 Å². The number of carbonyl (C=O) groups is 1. The molecule has 6 heteroatoms. The second-order valence-corrected chi connectivity index (χ2v) is 5.10. The zero-order valence-corrected chi connectivity index (χ0v) is 11.6. The maximum atomic E-state index is 12.5. The van der Waals surface area contributed by atoms with Gasteiger partial charge in [-0.3, -0.25) is 4.79 Å². The minimum atomic E-state index is -4.16. The van der Waals surface area contributed by atoms with Crippen LogP contribution in [0.1, 0.15) is 39.5 Å². The summed E-state index contributed by atoms with van der Waals surface area (Å²) in [6, 6.07) is -0.448. The summed E-state index contributed by atoms with van der Waals surface area (Å²) in [7, 11) is 0. The molecule has 2 unspecified atom stereocenters. The fraction of sp³-hybridized carbons (Fsp3) is 0.923. The Morgan fingerprint density at radius 2 is 1.79 bits per heavy atom. The lowest BCUT2D eigenvalue weighted by Gasteiger charge is -2.33. The molecule has 112 valence electrons. The number of piperidine rings is 1. The van der Waals surface area contributed by atoms with Crippen LogP contribution < -0.4 is 5.32 Å². The summed E-state index contributed by atoms with van der Waals surface area (Å²) in [5, 5.41) is 2.76. The highest BCUT2D eigenvalue weighted by Gasteiger charge is 2.42. The van der Waals surface area contributed by atoms with E-state index in [0.29, 0.717) is 13.1 Å². The van der Waals surface area contributed by atoms with E-state index in [1.807, 2.05) is 13.8 Å². The zero-order valence-electron chi connectivity index (χ0n) is 11.6. The lowest BCUT2D eigenvalue weighted by atomic mass is 9.93. The summed E-state index contributed by atoms with van der Waals surface area (Å²) in [6.45, 7) is 5.18. The number of hydrogen-bond acceptors (Lipinski definition) is 2. The molecule has 0 saturated carbocycles. The molecule has 1 rings (SSSR count). The van der Waals surface area contributed by atoms with Gasteiger partial charge in [0.05, 0.1) is 12.0 Å². The Balaban J connectivity index is 2.51. The van der Waals surface area contributed by atoms with Gasteiger partial charge in [-0.2, -0.15) is 13.2 Å². The minimum absolute atomic E-state index is 0.0407. The Labute approximate surface area is 112 Å². The highest BCUT2D eigenvalue weighted by atomic mass is 19.4. The van der Waals surface area contributed by atoms with Crippen LogP contribution in [-0.4, -0.2) is 42.7 Å². The van der Waals surface area contributed by atoms with Crippen molar-refractivity contribution in [3.63, 3.8) is 0 Å². The van der Waals surface area contributed by atoms with Gasteiger partial charge in [0.15, 0.2) is 0 Å². The Hall–Kier alpha value is -0.780. The predicted octanol–water partition coefficient (Wildman–Crippen LogP) is 2.57. The molecule has 0 radical (unpaired) electrons. The fourth-order valence-electron chi connectivity index (χ4n) is 2.44. The molecule has 3 nitrogen and oxygen atoms in total. The van der Waals surface area contributed by atoms with Crippen molar-refractivity contribution >= 4 is 5.91 Å². The average molecular weight is 280 g/mol. The summed E-state index contributed by atoms with van der Waals surface area (Å²) in [6.07, 6.45) is -2.12. The van der Waals surface area contributed by atoms with E-state index in [2.05, 4.69) is 5.32 Å². The van der Waals surface area contributed by atoms with Gasteiger partial charge in [-0.05, 0) is 25.7 Å². The smallest absolute Gasteiger partial charge is 0.341 e. The summed E-state index contributed by atoms with van der Waals surface area (Å²) in [5.74, 6) is -1.37. The van der Waals surface area contributed by atoms with Gasteiger partial charge in [0.2, 0.25) is 5.91 Å². The van der Waals surface area contributed by atoms with E-state index in [0.717, 1.165) is 12.8 Å². The monoisotopic (exact) mass is 280 g/mol. The van der Waals surface area contributed by atoms with E-state index in [1.54, 1.807) is 4.90 Å². The van der Waals surface area contributed by atoms with Crippen LogP contribution in [0.2, 0.25) is 0 Å². The topological polar surface area (TPSA) is 32.3 Å². The van der Waals surface area contributed by atoms with Gasteiger partial charge < -0.3 is 10.2 Å². The molecule has 1 fully saturated rings. The summed E-state index contributed by atoms with van der Waals surface area (Å²) in [4.78, 5) is 14.0. The van der Waals surface area contributed by atoms with E-state index in [9.17, 15) is 18.0 Å². The number of rotatable bonds is 5. The van der Waals surface area contributed by atoms with E-state index < -0.39 is 18.1 Å². The Morgan fingerprint density at radius 1 is 1.21 bits per heavy atom. The average Bonchev–Trinajstić information content (AvgIpc) is 2.37. The third-order valence-corrected chi connectivity index (χ3v) is 3.47. The molecule has 1 heterocycles. The SMILES string of the molecule is CCCN(CCC)C(=O)C1CCC(C(F)(F)F)CN1. The van der Waals surface area contributed by atoms with E-state index >= 15 is 0 Å². The standard InChI is InChI=1S/C13H23F3N2O/c1-3-7-18(8-4-2)12(19)11-6-5-10(9-17-11)13(14,15)16/h10-11,17H,3-9H2,1-2H3. The molecule has 0 aromatic carbocycles. The first-order valence-electron chi connectivity index (χ1n) is 6.99. The van der Waals surface area contributed by atoms with Crippen LogP contribution >= 0.6 is 0 Å². The van der Waals surface area contributed by atoms with Gasteiger partial charge in [-0.25, -0.2) is 0 Å². The normalized spacial score (nSPS) is 24.3. The number of amides is 1. The summed E-state index contributed by atoms with van der Waals surface area (Å²) >= 11 is 0. The summed E-state index contributed by atoms with van der Waals surface area (Å²) in [5.41, 5.74) is 0. The highest BCUT2D eigenvalue weighted by Crippen LogP contribution is 2.32. The molecular weight excluding hydrogens is 257 g/mol. The molecule has 19 heavy (non-hydrogen) atoms. The van der Waals surface area contributed by atoms with Crippen LogP contribution in [0.3, 0.4) is 0 Å². The molecular formula is C13H23F3N2O. The van der Waals surface area contributed by atoms with Gasteiger partial charge in [0.25, 0.3) is 0 Å². The van der Waals surface area contributed by atoms with Gasteiger partial charge in [-0.15, -0.1) is 0 Å². The van der Waals surface area contributed by atoms with Crippen molar-refractivity contribution in [2.45, 2.75) is 51.7 Å². The van der Waals surface area contributed by atoms with Crippen molar-refractivity contribution in [1.82, 2.24) is 10.2 Å². The molecule has 1 amide bonds. The van der Waals surface area contributed by atoms with Crippen LogP contribution in [0.4, 0.5) is 13.2 Å². The molecule has 1 N–H and O–H groups in total. The van der Waals surface area contributed by atoms with Crippen LogP contribution in [0, 0.1) is 5.92 Å². The van der Waals surface area contributed by atoms with Crippen molar-refractivity contribution in [2.24, 2.45) is 5.92 Å². The largest absolute Gasteiger partial charge is 0.393 e. The molecule has 0 aromatic rings. The second kappa shape index (κ2) is 7.12. The molecule has 0 aliphatic carbocycles. The molecule has 2 atom stereocenters. The van der Waals surface area contributed by atoms with Crippen molar-refractivity contribution < 1.29 is 18.0 Å². The number of nitrogens with one attached hydrogen (secondary N) is 1. The number of halogens is 3. The summed E-state index contributed by atoms with van der Waals surface area (Å²) < 4.78 is 37.6. The van der Waals surface area contributed by atoms with Crippen molar-refractivity contribution in [1.29, 1.82) is 0 Å². The molecule has 1 saturated heterocycles. The van der Waals surface area contributed by atoms with Crippen LogP contribution in [0.15, 0.2) is 0 Å². The van der Waals surface area contributed by atoms with Gasteiger partial charge >= 0.3 is 6.18 Å². The highest BCUT2D eigenvalue weighted by molar-refractivity contribution is 5.82. The molecule has 1 aliphatic heterocycles. The van der Waals surface area contributed by atoms with Gasteiger partial charge in [0.1, 0.15) is 0 Å². The third-order valence-electron chi connectivity index (χ3n) is 3.47. The fourth-order valence-corrected chi connectivity index (χ4v) is 2.44. The van der Waals surface area contributed by atoms with Crippen molar-refractivity contribution in [3.05, 3.63) is 0 Å². The van der Waals surface area contributed by atoms with Gasteiger partial charge in [0, 0.05) is 19.6 Å². The first kappa shape index (κ1) is 16.3. The minimum Gasteiger partial charge on any atom is -0.341 e. The predicted molar refractivity (Wildman–Crippen MR) is 67.7 cm³/mol. The molecule has 0 aromatic heterocycles. The third kappa shape index (κ3) is 4.67. The first-order chi connectivity index (χ1) is 8.90. The van der Waals surface area contributed by atoms with Crippen molar-refractivity contribution in [2.75, 3.05) is 19.6 Å². The number of nitrogens with zero attached hydrogens (tertiary/aromatic N) is 1. The van der Waals surface area contributed by atoms with Crippen LogP contribution in [0.5, 0.6) is 0 Å². The number of alkyl halides is 3. The van der Waals surface area contributed by atoms with Crippen LogP contribution in [-0.2, 0) is 4.79 Å².